The third-order valence-electron chi connectivity index (χ3n) is 3.21. The number of nitro benzene ring substituents is 1. The van der Waals surface area contributed by atoms with Crippen molar-refractivity contribution in [3.05, 3.63) is 39.9 Å². The summed E-state index contributed by atoms with van der Waals surface area (Å²) >= 11 is 0. The number of amides is 1. The zero-order valence-electron chi connectivity index (χ0n) is 10.3. The number of rotatable bonds is 2. The molecule has 18 heavy (non-hydrogen) atoms. The van der Waals surface area contributed by atoms with Crippen LogP contribution in [0, 0.1) is 10.1 Å². The molecule has 0 N–H and O–H groups in total. The minimum atomic E-state index is -0.832. The highest BCUT2D eigenvalue weighted by atomic mass is 16.6. The van der Waals surface area contributed by atoms with E-state index in [9.17, 15) is 14.9 Å². The van der Waals surface area contributed by atoms with Gasteiger partial charge in [-0.25, -0.2) is 0 Å². The Morgan fingerprint density at radius 2 is 2.06 bits per heavy atom. The van der Waals surface area contributed by atoms with Gasteiger partial charge in [0.15, 0.2) is 5.72 Å². The molecule has 0 bridgehead atoms. The van der Waals surface area contributed by atoms with Gasteiger partial charge in [-0.2, -0.15) is 0 Å². The van der Waals surface area contributed by atoms with Gasteiger partial charge in [0.2, 0.25) is 5.91 Å². The summed E-state index contributed by atoms with van der Waals surface area (Å²) in [6.45, 7) is 4.27. The minimum Gasteiger partial charge on any atom is -0.350 e. The van der Waals surface area contributed by atoms with Crippen molar-refractivity contribution in [2.75, 3.05) is 13.2 Å². The second-order valence-corrected chi connectivity index (χ2v) is 4.31. The molecule has 0 saturated carbocycles. The van der Waals surface area contributed by atoms with Crippen molar-refractivity contribution in [2.24, 2.45) is 0 Å². The molecule has 2 rings (SSSR count). The molecule has 1 atom stereocenters. The van der Waals surface area contributed by atoms with Crippen LogP contribution in [0.5, 0.6) is 0 Å². The van der Waals surface area contributed by atoms with Gasteiger partial charge in [-0.1, -0.05) is 0 Å². The lowest BCUT2D eigenvalue weighted by atomic mass is 10.0. The van der Waals surface area contributed by atoms with Gasteiger partial charge in [-0.3, -0.25) is 14.9 Å². The van der Waals surface area contributed by atoms with Gasteiger partial charge in [-0.05, 0) is 19.1 Å². The average Bonchev–Trinajstić information content (AvgIpc) is 2.73. The number of nitrogens with zero attached hydrogens (tertiary/aromatic N) is 2. The van der Waals surface area contributed by atoms with E-state index in [0.29, 0.717) is 13.2 Å². The van der Waals surface area contributed by atoms with Gasteiger partial charge >= 0.3 is 0 Å². The fourth-order valence-corrected chi connectivity index (χ4v) is 2.22. The summed E-state index contributed by atoms with van der Waals surface area (Å²) in [4.78, 5) is 23.3. The lowest BCUT2D eigenvalue weighted by molar-refractivity contribution is -0.384. The fourth-order valence-electron chi connectivity index (χ4n) is 2.22. The lowest BCUT2D eigenvalue weighted by Gasteiger charge is -2.33. The van der Waals surface area contributed by atoms with E-state index in [2.05, 4.69) is 0 Å². The largest absolute Gasteiger partial charge is 0.350 e. The Kier molecular flexibility index (Phi) is 3.04. The van der Waals surface area contributed by atoms with E-state index >= 15 is 0 Å². The minimum absolute atomic E-state index is 0.0229. The summed E-state index contributed by atoms with van der Waals surface area (Å²) in [5.74, 6) is -0.0756. The molecule has 6 heteroatoms. The second kappa shape index (κ2) is 4.38. The molecule has 1 fully saturated rings. The number of carbonyl (C=O) groups excluding carboxylic acids is 1. The summed E-state index contributed by atoms with van der Waals surface area (Å²) in [7, 11) is 0. The van der Waals surface area contributed by atoms with Crippen LogP contribution in [0.2, 0.25) is 0 Å². The maximum absolute atomic E-state index is 11.5. The predicted octanol–water partition coefficient (Wildman–Crippen LogP) is 1.65. The summed E-state index contributed by atoms with van der Waals surface area (Å²) in [5.41, 5.74) is -0.0726. The second-order valence-electron chi connectivity index (χ2n) is 4.31. The van der Waals surface area contributed by atoms with E-state index in [-0.39, 0.29) is 11.6 Å². The van der Waals surface area contributed by atoms with Crippen LogP contribution in [-0.2, 0) is 15.3 Å². The van der Waals surface area contributed by atoms with Gasteiger partial charge < -0.3 is 9.64 Å². The van der Waals surface area contributed by atoms with Gasteiger partial charge in [-0.15, -0.1) is 0 Å². The van der Waals surface area contributed by atoms with Crippen molar-refractivity contribution in [2.45, 2.75) is 19.6 Å². The molecule has 0 unspecified atom stereocenters. The van der Waals surface area contributed by atoms with Crippen LogP contribution in [-0.4, -0.2) is 28.9 Å². The first-order chi connectivity index (χ1) is 8.45. The van der Waals surface area contributed by atoms with Crippen molar-refractivity contribution in [1.82, 2.24) is 4.90 Å². The Morgan fingerprint density at radius 3 is 2.56 bits per heavy atom. The van der Waals surface area contributed by atoms with E-state index in [0.717, 1.165) is 5.56 Å². The summed E-state index contributed by atoms with van der Waals surface area (Å²) in [6, 6.07) is 6.08. The van der Waals surface area contributed by atoms with E-state index in [1.54, 1.807) is 24.0 Å². The smallest absolute Gasteiger partial charge is 0.269 e. The SMILES string of the molecule is CC(=O)N1CCO[C@]1(C)c1ccc([N+](=O)[O-])cc1. The van der Waals surface area contributed by atoms with Crippen LogP contribution in [0.25, 0.3) is 0 Å². The normalized spacial score (nSPS) is 23.1. The van der Waals surface area contributed by atoms with Crippen LogP contribution in [0.4, 0.5) is 5.69 Å². The first-order valence-corrected chi connectivity index (χ1v) is 5.62. The standard InChI is InChI=1S/C12H14N2O4/c1-9(15)13-7-8-18-12(13,2)10-3-5-11(6-4-10)14(16)17/h3-6H,7-8H2,1-2H3/t12-/m1/s1. The Bertz CT molecular complexity index is 485. The molecule has 1 heterocycles. The van der Waals surface area contributed by atoms with E-state index in [1.807, 2.05) is 0 Å². The van der Waals surface area contributed by atoms with Gasteiger partial charge in [0.25, 0.3) is 5.69 Å². The Balaban J connectivity index is 2.35. The number of ether oxygens (including phenoxy) is 1. The average molecular weight is 250 g/mol. The fraction of sp³-hybridized carbons (Fsp3) is 0.417. The molecule has 1 aromatic carbocycles. The summed E-state index contributed by atoms with van der Waals surface area (Å²) in [5, 5.41) is 10.6. The molecule has 1 saturated heterocycles. The molecule has 1 amide bonds. The molecule has 0 radical (unpaired) electrons. The maximum atomic E-state index is 11.5. The molecule has 0 aromatic heterocycles. The first kappa shape index (κ1) is 12.5. The topological polar surface area (TPSA) is 72.7 Å². The first-order valence-electron chi connectivity index (χ1n) is 5.62. The quantitative estimate of drug-likeness (QED) is 0.591. The number of non-ortho nitro benzene ring substituents is 1. The van der Waals surface area contributed by atoms with Crippen LogP contribution < -0.4 is 0 Å². The zero-order chi connectivity index (χ0) is 13.3. The van der Waals surface area contributed by atoms with Crippen LogP contribution in [0.3, 0.4) is 0 Å². The van der Waals surface area contributed by atoms with Gasteiger partial charge in [0.05, 0.1) is 11.5 Å². The van der Waals surface area contributed by atoms with Crippen LogP contribution >= 0.6 is 0 Å². The molecule has 6 nitrogen and oxygen atoms in total. The molecular formula is C12H14N2O4. The van der Waals surface area contributed by atoms with Crippen molar-refractivity contribution in [3.63, 3.8) is 0 Å². The number of hydrogen-bond donors (Lipinski definition) is 0. The van der Waals surface area contributed by atoms with E-state index in [4.69, 9.17) is 4.74 Å². The highest BCUT2D eigenvalue weighted by molar-refractivity contribution is 5.74. The van der Waals surface area contributed by atoms with E-state index < -0.39 is 10.6 Å². The Hall–Kier alpha value is -1.95. The Morgan fingerprint density at radius 1 is 1.44 bits per heavy atom. The molecule has 0 spiro atoms. The highest BCUT2D eigenvalue weighted by Crippen LogP contribution is 2.34. The molecule has 96 valence electrons. The van der Waals surface area contributed by atoms with Crippen LogP contribution in [0.1, 0.15) is 19.4 Å². The predicted molar refractivity (Wildman–Crippen MR) is 63.8 cm³/mol. The van der Waals surface area contributed by atoms with E-state index in [1.165, 1.54) is 19.1 Å². The van der Waals surface area contributed by atoms with Crippen molar-refractivity contribution < 1.29 is 14.5 Å². The molecule has 1 aliphatic rings. The lowest BCUT2D eigenvalue weighted by Crippen LogP contribution is -2.42. The third-order valence-corrected chi connectivity index (χ3v) is 3.21. The summed E-state index contributed by atoms with van der Waals surface area (Å²) in [6.07, 6.45) is 0. The zero-order valence-corrected chi connectivity index (χ0v) is 10.3. The Labute approximate surface area is 104 Å². The van der Waals surface area contributed by atoms with Gasteiger partial charge in [0, 0.05) is 31.2 Å². The number of nitro groups is 1. The number of hydrogen-bond acceptors (Lipinski definition) is 4. The van der Waals surface area contributed by atoms with Crippen molar-refractivity contribution >= 4 is 11.6 Å². The monoisotopic (exact) mass is 250 g/mol. The molecular weight excluding hydrogens is 236 g/mol. The number of carbonyl (C=O) groups is 1. The van der Waals surface area contributed by atoms with Crippen LogP contribution in [0.15, 0.2) is 24.3 Å². The third kappa shape index (κ3) is 1.95. The summed E-state index contributed by atoms with van der Waals surface area (Å²) < 4.78 is 5.64. The maximum Gasteiger partial charge on any atom is 0.269 e. The van der Waals surface area contributed by atoms with Crippen molar-refractivity contribution in [1.29, 1.82) is 0 Å². The van der Waals surface area contributed by atoms with Crippen molar-refractivity contribution in [3.8, 4) is 0 Å². The number of benzene rings is 1. The molecule has 0 aliphatic carbocycles. The molecule has 1 aliphatic heterocycles. The highest BCUT2D eigenvalue weighted by Gasteiger charge is 2.41. The molecule has 1 aromatic rings. The van der Waals surface area contributed by atoms with Gasteiger partial charge in [0.1, 0.15) is 0 Å².